The van der Waals surface area contributed by atoms with Crippen molar-refractivity contribution in [1.29, 1.82) is 0 Å². The molecule has 4 aromatic rings. The predicted molar refractivity (Wildman–Crippen MR) is 188 cm³/mol. The average molecular weight is 652 g/mol. The van der Waals surface area contributed by atoms with Gasteiger partial charge in [-0.3, -0.25) is 13.9 Å². The number of nitrogens with one attached hydrogen (secondary N) is 1. The van der Waals surface area contributed by atoms with Crippen LogP contribution < -0.4 is 9.62 Å². The number of hydrogen-bond donors (Lipinski definition) is 1. The summed E-state index contributed by atoms with van der Waals surface area (Å²) >= 11 is 0. The zero-order valence-corrected chi connectivity index (χ0v) is 28.4. The van der Waals surface area contributed by atoms with Crippen molar-refractivity contribution in [2.24, 2.45) is 0 Å². The fourth-order valence-corrected chi connectivity index (χ4v) is 7.70. The zero-order valence-electron chi connectivity index (χ0n) is 27.6. The van der Waals surface area contributed by atoms with Gasteiger partial charge in [-0.15, -0.1) is 0 Å². The van der Waals surface area contributed by atoms with Crippen LogP contribution in [0.4, 0.5) is 5.69 Å². The third kappa shape index (κ3) is 8.69. The van der Waals surface area contributed by atoms with Gasteiger partial charge >= 0.3 is 0 Å². The van der Waals surface area contributed by atoms with E-state index in [1.807, 2.05) is 87.5 Å². The molecule has 1 aliphatic rings. The molecule has 1 atom stereocenters. The smallest absolute Gasteiger partial charge is 0.264 e. The molecule has 246 valence electrons. The van der Waals surface area contributed by atoms with E-state index >= 15 is 0 Å². The number of anilines is 1. The lowest BCUT2D eigenvalue weighted by Crippen LogP contribution is -2.55. The third-order valence-electron chi connectivity index (χ3n) is 8.94. The normalized spacial score (nSPS) is 14.3. The van der Waals surface area contributed by atoms with Crippen LogP contribution in [0.3, 0.4) is 0 Å². The summed E-state index contributed by atoms with van der Waals surface area (Å²) in [5, 5.41) is 3.26. The number of carbonyl (C=O) groups is 2. The van der Waals surface area contributed by atoms with Crippen LogP contribution in [0.2, 0.25) is 0 Å². The van der Waals surface area contributed by atoms with Crippen LogP contribution in [-0.2, 0) is 32.6 Å². The summed E-state index contributed by atoms with van der Waals surface area (Å²) in [5.74, 6) is -0.670. The van der Waals surface area contributed by atoms with Gasteiger partial charge in [-0.1, -0.05) is 110 Å². The molecule has 8 heteroatoms. The van der Waals surface area contributed by atoms with Gasteiger partial charge in [-0.2, -0.15) is 0 Å². The zero-order chi connectivity index (χ0) is 33.4. The summed E-state index contributed by atoms with van der Waals surface area (Å²) in [5.41, 5.74) is 4.89. The van der Waals surface area contributed by atoms with Crippen LogP contribution >= 0.6 is 0 Å². The highest BCUT2D eigenvalue weighted by Crippen LogP contribution is 2.29. The molecule has 4 aromatic carbocycles. The third-order valence-corrected chi connectivity index (χ3v) is 10.7. The Balaban J connectivity index is 1.58. The second kappa shape index (κ2) is 15.4. The highest BCUT2D eigenvalue weighted by atomic mass is 32.2. The summed E-state index contributed by atoms with van der Waals surface area (Å²) in [7, 11) is -4.14. The number of rotatable bonds is 12. The molecule has 0 bridgehead atoms. The number of amides is 2. The molecule has 1 unspecified atom stereocenters. The molecule has 5 rings (SSSR count). The topological polar surface area (TPSA) is 86.8 Å². The maximum absolute atomic E-state index is 14.7. The van der Waals surface area contributed by atoms with Gasteiger partial charge < -0.3 is 10.2 Å². The molecule has 1 N–H and O–H groups in total. The quantitative estimate of drug-likeness (QED) is 0.181. The number of aryl methyl sites for hydroxylation is 3. The van der Waals surface area contributed by atoms with Gasteiger partial charge in [0.2, 0.25) is 11.8 Å². The fourth-order valence-electron chi connectivity index (χ4n) is 6.21. The molecule has 2 amide bonds. The van der Waals surface area contributed by atoms with Gasteiger partial charge in [0.05, 0.1) is 10.6 Å². The Morgan fingerprint density at radius 1 is 0.766 bits per heavy atom. The molecule has 0 heterocycles. The van der Waals surface area contributed by atoms with E-state index in [-0.39, 0.29) is 23.4 Å². The minimum atomic E-state index is -4.14. The van der Waals surface area contributed by atoms with Crippen LogP contribution in [-0.4, -0.2) is 43.8 Å². The van der Waals surface area contributed by atoms with Crippen molar-refractivity contribution in [3.05, 3.63) is 131 Å². The van der Waals surface area contributed by atoms with E-state index in [2.05, 4.69) is 5.32 Å². The first-order valence-electron chi connectivity index (χ1n) is 16.5. The Labute approximate surface area is 279 Å². The molecular formula is C39H45N3O4S. The van der Waals surface area contributed by atoms with Gasteiger partial charge in [0.15, 0.2) is 0 Å². The number of hydrogen-bond acceptors (Lipinski definition) is 4. The first-order chi connectivity index (χ1) is 22.6. The highest BCUT2D eigenvalue weighted by Gasteiger charge is 2.35. The average Bonchev–Trinajstić information content (AvgIpc) is 3.08. The minimum Gasteiger partial charge on any atom is -0.352 e. The molecule has 1 fully saturated rings. The SMILES string of the molecule is Cc1ccc(CN(C(=O)CN(c2cc(C)ccc2C)S(=O)(=O)c2ccccc2)C(Cc2ccccc2)C(=O)NC2CCCCC2)cc1. The van der Waals surface area contributed by atoms with Crippen molar-refractivity contribution in [2.45, 2.75) is 82.8 Å². The molecule has 0 spiro atoms. The minimum absolute atomic E-state index is 0.0516. The van der Waals surface area contributed by atoms with E-state index in [1.54, 1.807) is 29.2 Å². The van der Waals surface area contributed by atoms with E-state index in [9.17, 15) is 18.0 Å². The number of benzene rings is 4. The Morgan fingerprint density at radius 2 is 1.38 bits per heavy atom. The molecule has 7 nitrogen and oxygen atoms in total. The molecule has 1 aliphatic carbocycles. The van der Waals surface area contributed by atoms with Crippen molar-refractivity contribution in [3.63, 3.8) is 0 Å². The predicted octanol–water partition coefficient (Wildman–Crippen LogP) is 6.90. The maximum Gasteiger partial charge on any atom is 0.264 e. The van der Waals surface area contributed by atoms with E-state index in [0.717, 1.165) is 59.9 Å². The maximum atomic E-state index is 14.7. The summed E-state index contributed by atoms with van der Waals surface area (Å²) in [4.78, 5) is 30.7. The van der Waals surface area contributed by atoms with Crippen molar-refractivity contribution in [2.75, 3.05) is 10.8 Å². The largest absolute Gasteiger partial charge is 0.352 e. The molecule has 0 saturated heterocycles. The number of nitrogens with zero attached hydrogens (tertiary/aromatic N) is 2. The second-order valence-electron chi connectivity index (χ2n) is 12.7. The van der Waals surface area contributed by atoms with Gasteiger partial charge in [0.1, 0.15) is 12.6 Å². The molecule has 1 saturated carbocycles. The Morgan fingerprint density at radius 3 is 2.04 bits per heavy atom. The van der Waals surface area contributed by atoms with Crippen LogP contribution in [0.1, 0.15) is 59.9 Å². The first kappa shape index (κ1) is 33.9. The Bertz CT molecular complexity index is 1750. The molecule has 47 heavy (non-hydrogen) atoms. The Hall–Kier alpha value is -4.43. The van der Waals surface area contributed by atoms with Crippen molar-refractivity contribution in [3.8, 4) is 0 Å². The van der Waals surface area contributed by atoms with E-state index in [0.29, 0.717) is 12.1 Å². The lowest BCUT2D eigenvalue weighted by Gasteiger charge is -2.35. The van der Waals surface area contributed by atoms with Gasteiger partial charge in [-0.05, 0) is 74.1 Å². The summed E-state index contributed by atoms with van der Waals surface area (Å²) in [6, 6.07) is 30.5. The van der Waals surface area contributed by atoms with Crippen LogP contribution in [0.15, 0.2) is 108 Å². The monoisotopic (exact) mass is 651 g/mol. The molecular weight excluding hydrogens is 607 g/mol. The fraction of sp³-hybridized carbons (Fsp3) is 0.333. The van der Waals surface area contributed by atoms with Crippen LogP contribution in [0.5, 0.6) is 0 Å². The summed E-state index contributed by atoms with van der Waals surface area (Å²) in [6.07, 6.45) is 5.38. The number of carbonyl (C=O) groups excluding carboxylic acids is 2. The lowest BCUT2D eigenvalue weighted by molar-refractivity contribution is -0.140. The van der Waals surface area contributed by atoms with Crippen LogP contribution in [0.25, 0.3) is 0 Å². The number of sulfonamides is 1. The van der Waals surface area contributed by atoms with E-state index in [1.165, 1.54) is 16.4 Å². The Kier molecular flexibility index (Phi) is 11.1. The molecule has 0 radical (unpaired) electrons. The van der Waals surface area contributed by atoms with E-state index < -0.39 is 28.5 Å². The highest BCUT2D eigenvalue weighted by molar-refractivity contribution is 7.92. The van der Waals surface area contributed by atoms with Crippen molar-refractivity contribution >= 4 is 27.5 Å². The van der Waals surface area contributed by atoms with E-state index in [4.69, 9.17) is 0 Å². The van der Waals surface area contributed by atoms with Crippen molar-refractivity contribution < 1.29 is 18.0 Å². The molecule has 0 aromatic heterocycles. The summed E-state index contributed by atoms with van der Waals surface area (Å²) in [6.45, 7) is 5.43. The van der Waals surface area contributed by atoms with Crippen LogP contribution in [0, 0.1) is 20.8 Å². The second-order valence-corrected chi connectivity index (χ2v) is 14.5. The first-order valence-corrected chi connectivity index (χ1v) is 17.9. The van der Waals surface area contributed by atoms with Gasteiger partial charge in [0, 0.05) is 19.0 Å². The van der Waals surface area contributed by atoms with Gasteiger partial charge in [0.25, 0.3) is 10.0 Å². The van der Waals surface area contributed by atoms with Gasteiger partial charge in [-0.25, -0.2) is 8.42 Å². The van der Waals surface area contributed by atoms with Crippen molar-refractivity contribution in [1.82, 2.24) is 10.2 Å². The summed E-state index contributed by atoms with van der Waals surface area (Å²) < 4.78 is 29.8. The lowest BCUT2D eigenvalue weighted by atomic mass is 9.94. The molecule has 0 aliphatic heterocycles. The standard InChI is InChI=1S/C39H45N3O4S/c1-29-20-23-33(24-21-29)27-41(37(26-32-13-7-4-8-14-32)39(44)40-34-15-9-5-10-16-34)38(43)28-42(36-25-30(2)19-22-31(36)3)47(45,46)35-17-11-6-12-18-35/h4,6-8,11-14,17-25,34,37H,5,9-10,15-16,26-28H2,1-3H3,(H,40,44).